The van der Waals surface area contributed by atoms with Crippen molar-refractivity contribution in [2.45, 2.75) is 38.6 Å². The second kappa shape index (κ2) is 6.99. The predicted molar refractivity (Wildman–Crippen MR) is 89.8 cm³/mol. The zero-order chi connectivity index (χ0) is 16.2. The van der Waals surface area contributed by atoms with Crippen molar-refractivity contribution in [1.82, 2.24) is 9.80 Å². The Morgan fingerprint density at radius 3 is 2.70 bits per heavy atom. The van der Waals surface area contributed by atoms with E-state index in [1.54, 1.807) is 4.90 Å². The number of amides is 2. The van der Waals surface area contributed by atoms with Crippen LogP contribution in [0.25, 0.3) is 0 Å². The fourth-order valence-corrected chi connectivity index (χ4v) is 3.50. The fourth-order valence-electron chi connectivity index (χ4n) is 3.50. The summed E-state index contributed by atoms with van der Waals surface area (Å²) in [6, 6.07) is 9.49. The highest BCUT2D eigenvalue weighted by atomic mass is 16.2. The molecule has 2 heterocycles. The molecule has 3 rings (SSSR count). The second-order valence-electron chi connectivity index (χ2n) is 6.51. The molecule has 1 aromatic carbocycles. The molecule has 2 aliphatic rings. The first-order valence-corrected chi connectivity index (χ1v) is 8.43. The molecule has 0 spiro atoms. The third-order valence-corrected chi connectivity index (χ3v) is 4.70. The Bertz CT molecular complexity index is 609. The Balaban J connectivity index is 1.66. The van der Waals surface area contributed by atoms with Gasteiger partial charge in [-0.05, 0) is 31.7 Å². The molecule has 0 aliphatic carbocycles. The number of hydrogen-bond acceptors (Lipinski definition) is 2. The van der Waals surface area contributed by atoms with Crippen LogP contribution < -0.4 is 0 Å². The lowest BCUT2D eigenvalue weighted by molar-refractivity contribution is -0.143. The summed E-state index contributed by atoms with van der Waals surface area (Å²) in [5, 5.41) is 0. The third kappa shape index (κ3) is 3.63. The molecule has 0 N–H and O–H groups in total. The molecule has 2 amide bonds. The molecule has 1 fully saturated rings. The molecule has 23 heavy (non-hydrogen) atoms. The first kappa shape index (κ1) is 15.8. The van der Waals surface area contributed by atoms with Crippen molar-refractivity contribution in [3.05, 3.63) is 47.5 Å². The van der Waals surface area contributed by atoms with Crippen molar-refractivity contribution in [3.8, 4) is 0 Å². The Hall–Kier alpha value is -2.10. The first-order valence-electron chi connectivity index (χ1n) is 8.43. The molecule has 1 atom stereocenters. The molecular formula is C19H24N2O2. The van der Waals surface area contributed by atoms with Crippen LogP contribution in [-0.2, 0) is 16.0 Å². The van der Waals surface area contributed by atoms with Gasteiger partial charge in [0.05, 0.1) is 6.42 Å². The van der Waals surface area contributed by atoms with Gasteiger partial charge in [-0.25, -0.2) is 0 Å². The third-order valence-electron chi connectivity index (χ3n) is 4.70. The van der Waals surface area contributed by atoms with Crippen LogP contribution in [0.2, 0.25) is 0 Å². The van der Waals surface area contributed by atoms with Crippen molar-refractivity contribution < 1.29 is 9.59 Å². The average Bonchev–Trinajstić information content (AvgIpc) is 3.05. The minimum atomic E-state index is -0.267. The van der Waals surface area contributed by atoms with Crippen molar-refractivity contribution in [1.29, 1.82) is 0 Å². The molecule has 4 heteroatoms. The smallest absolute Gasteiger partial charge is 0.245 e. The Morgan fingerprint density at radius 2 is 1.96 bits per heavy atom. The molecular weight excluding hydrogens is 288 g/mol. The average molecular weight is 312 g/mol. The van der Waals surface area contributed by atoms with Crippen LogP contribution in [0.3, 0.4) is 0 Å². The molecule has 1 aromatic rings. The zero-order valence-corrected chi connectivity index (χ0v) is 13.7. The minimum absolute atomic E-state index is 0.0660. The number of nitrogens with zero attached hydrogens (tertiary/aromatic N) is 2. The summed E-state index contributed by atoms with van der Waals surface area (Å²) in [4.78, 5) is 29.1. The van der Waals surface area contributed by atoms with Gasteiger partial charge in [0.2, 0.25) is 11.8 Å². The van der Waals surface area contributed by atoms with Gasteiger partial charge >= 0.3 is 0 Å². The number of carbonyl (C=O) groups is 2. The standard InChI is InChI=1S/C19H24N2O2/c1-15-7-5-11-20(14-15)19(23)17-10-6-12-21(17)18(22)13-16-8-3-2-4-9-16/h2-4,7-9,17H,5-6,10-14H2,1H3/t17-/m1/s1. The van der Waals surface area contributed by atoms with Crippen LogP contribution in [0.1, 0.15) is 31.7 Å². The van der Waals surface area contributed by atoms with Crippen LogP contribution in [0.4, 0.5) is 0 Å². The Morgan fingerprint density at radius 1 is 1.17 bits per heavy atom. The van der Waals surface area contributed by atoms with Crippen molar-refractivity contribution >= 4 is 11.8 Å². The largest absolute Gasteiger partial charge is 0.337 e. The minimum Gasteiger partial charge on any atom is -0.337 e. The molecule has 0 radical (unpaired) electrons. The number of hydrogen-bond donors (Lipinski definition) is 0. The van der Waals surface area contributed by atoms with E-state index in [0.29, 0.717) is 19.5 Å². The van der Waals surface area contributed by atoms with Gasteiger partial charge in [0, 0.05) is 19.6 Å². The van der Waals surface area contributed by atoms with E-state index < -0.39 is 0 Å². The van der Waals surface area contributed by atoms with Crippen molar-refractivity contribution in [2.75, 3.05) is 19.6 Å². The maximum Gasteiger partial charge on any atom is 0.245 e. The van der Waals surface area contributed by atoms with E-state index in [1.165, 1.54) is 5.57 Å². The summed E-state index contributed by atoms with van der Waals surface area (Å²) in [5.74, 6) is 0.188. The highest BCUT2D eigenvalue weighted by molar-refractivity contribution is 5.89. The maximum atomic E-state index is 12.8. The van der Waals surface area contributed by atoms with Gasteiger partial charge < -0.3 is 9.80 Å². The Kier molecular flexibility index (Phi) is 4.79. The second-order valence-corrected chi connectivity index (χ2v) is 6.51. The van der Waals surface area contributed by atoms with E-state index in [9.17, 15) is 9.59 Å². The lowest BCUT2D eigenvalue weighted by Gasteiger charge is -2.32. The van der Waals surface area contributed by atoms with E-state index in [-0.39, 0.29) is 17.9 Å². The lowest BCUT2D eigenvalue weighted by atomic mass is 10.1. The summed E-state index contributed by atoms with van der Waals surface area (Å²) < 4.78 is 0. The summed E-state index contributed by atoms with van der Waals surface area (Å²) in [5.41, 5.74) is 2.25. The lowest BCUT2D eigenvalue weighted by Crippen LogP contribution is -2.49. The van der Waals surface area contributed by atoms with Crippen LogP contribution in [-0.4, -0.2) is 47.3 Å². The predicted octanol–water partition coefficient (Wildman–Crippen LogP) is 2.40. The van der Waals surface area contributed by atoms with Crippen LogP contribution in [0.15, 0.2) is 42.0 Å². The highest BCUT2D eigenvalue weighted by Gasteiger charge is 2.36. The van der Waals surface area contributed by atoms with Gasteiger partial charge in [0.1, 0.15) is 6.04 Å². The molecule has 0 bridgehead atoms. The Labute approximate surface area is 137 Å². The van der Waals surface area contributed by atoms with Gasteiger partial charge in [-0.2, -0.15) is 0 Å². The van der Waals surface area contributed by atoms with E-state index in [4.69, 9.17) is 0 Å². The number of likely N-dealkylation sites (tertiary alicyclic amines) is 1. The molecule has 4 nitrogen and oxygen atoms in total. The first-order chi connectivity index (χ1) is 11.1. The number of rotatable bonds is 3. The number of benzene rings is 1. The van der Waals surface area contributed by atoms with Gasteiger partial charge in [0.15, 0.2) is 0 Å². The monoisotopic (exact) mass is 312 g/mol. The summed E-state index contributed by atoms with van der Waals surface area (Å²) in [6.07, 6.45) is 5.20. The molecule has 0 aromatic heterocycles. The van der Waals surface area contributed by atoms with Crippen LogP contribution in [0.5, 0.6) is 0 Å². The topological polar surface area (TPSA) is 40.6 Å². The summed E-state index contributed by atoms with van der Waals surface area (Å²) in [7, 11) is 0. The normalized spacial score (nSPS) is 21.3. The van der Waals surface area contributed by atoms with Gasteiger partial charge in [-0.3, -0.25) is 9.59 Å². The van der Waals surface area contributed by atoms with Gasteiger partial charge in [0.25, 0.3) is 0 Å². The van der Waals surface area contributed by atoms with Crippen LogP contribution in [0, 0.1) is 0 Å². The highest BCUT2D eigenvalue weighted by Crippen LogP contribution is 2.22. The molecule has 0 unspecified atom stereocenters. The van der Waals surface area contributed by atoms with Crippen molar-refractivity contribution in [2.24, 2.45) is 0 Å². The number of carbonyl (C=O) groups excluding carboxylic acids is 2. The van der Waals surface area contributed by atoms with Crippen molar-refractivity contribution in [3.63, 3.8) is 0 Å². The molecule has 1 saturated heterocycles. The van der Waals surface area contributed by atoms with E-state index in [1.807, 2.05) is 35.2 Å². The summed E-state index contributed by atoms with van der Waals surface area (Å²) >= 11 is 0. The quantitative estimate of drug-likeness (QED) is 0.804. The zero-order valence-electron chi connectivity index (χ0n) is 13.7. The van der Waals surface area contributed by atoms with Gasteiger partial charge in [-0.1, -0.05) is 42.0 Å². The molecule has 2 aliphatic heterocycles. The maximum absolute atomic E-state index is 12.8. The van der Waals surface area contributed by atoms with E-state index in [0.717, 1.165) is 31.4 Å². The fraction of sp³-hybridized carbons (Fsp3) is 0.474. The van der Waals surface area contributed by atoms with Crippen LogP contribution >= 0.6 is 0 Å². The molecule has 122 valence electrons. The van der Waals surface area contributed by atoms with E-state index in [2.05, 4.69) is 13.0 Å². The molecule has 0 saturated carbocycles. The van der Waals surface area contributed by atoms with Gasteiger partial charge in [-0.15, -0.1) is 0 Å². The van der Waals surface area contributed by atoms with E-state index >= 15 is 0 Å². The summed E-state index contributed by atoms with van der Waals surface area (Å²) in [6.45, 7) is 4.24. The SMILES string of the molecule is CC1=CCCN(C(=O)[C@H]2CCCN2C(=O)Cc2ccccc2)C1.